The van der Waals surface area contributed by atoms with Gasteiger partial charge in [-0.1, -0.05) is 0 Å². The minimum atomic E-state index is -0.286. The number of rotatable bonds is 3. The van der Waals surface area contributed by atoms with Gasteiger partial charge in [0.1, 0.15) is 5.82 Å². The molecule has 0 aliphatic carbocycles. The van der Waals surface area contributed by atoms with Crippen molar-refractivity contribution in [1.29, 1.82) is 0 Å². The number of aromatic nitrogens is 2. The van der Waals surface area contributed by atoms with Crippen LogP contribution in [-0.2, 0) is 6.54 Å². The summed E-state index contributed by atoms with van der Waals surface area (Å²) in [6.45, 7) is 7.04. The standard InChI is InChI=1S/C15H17BrFN3/c1-15(2,3)20-9-10-7-18-14(19-8-10)12-5-4-11(17)6-13(12)16/h4-8,20H,9H2,1-3H3. The molecule has 0 aliphatic rings. The fourth-order valence-electron chi connectivity index (χ4n) is 1.62. The maximum Gasteiger partial charge on any atom is 0.160 e. The highest BCUT2D eigenvalue weighted by Crippen LogP contribution is 2.25. The summed E-state index contributed by atoms with van der Waals surface area (Å²) in [7, 11) is 0. The van der Waals surface area contributed by atoms with Crippen LogP contribution in [-0.4, -0.2) is 15.5 Å². The van der Waals surface area contributed by atoms with E-state index in [-0.39, 0.29) is 11.4 Å². The Morgan fingerprint density at radius 3 is 2.40 bits per heavy atom. The van der Waals surface area contributed by atoms with Crippen molar-refractivity contribution in [2.45, 2.75) is 32.9 Å². The minimum Gasteiger partial charge on any atom is -0.308 e. The van der Waals surface area contributed by atoms with E-state index in [1.807, 2.05) is 0 Å². The molecule has 0 fully saturated rings. The summed E-state index contributed by atoms with van der Waals surface area (Å²) < 4.78 is 13.7. The molecule has 0 radical (unpaired) electrons. The number of nitrogens with one attached hydrogen (secondary N) is 1. The maximum absolute atomic E-state index is 13.1. The van der Waals surface area contributed by atoms with E-state index in [9.17, 15) is 4.39 Å². The summed E-state index contributed by atoms with van der Waals surface area (Å²) in [6.07, 6.45) is 3.58. The molecule has 2 rings (SSSR count). The number of hydrogen-bond donors (Lipinski definition) is 1. The highest BCUT2D eigenvalue weighted by Gasteiger charge is 2.10. The second-order valence-electron chi connectivity index (χ2n) is 5.64. The predicted molar refractivity (Wildman–Crippen MR) is 81.7 cm³/mol. The van der Waals surface area contributed by atoms with Crippen molar-refractivity contribution in [3.05, 3.63) is 46.4 Å². The molecule has 0 aliphatic heterocycles. The number of benzene rings is 1. The Hall–Kier alpha value is -1.33. The monoisotopic (exact) mass is 337 g/mol. The second-order valence-corrected chi connectivity index (χ2v) is 6.50. The molecular weight excluding hydrogens is 321 g/mol. The van der Waals surface area contributed by atoms with Crippen molar-refractivity contribution in [2.75, 3.05) is 0 Å². The molecule has 2 aromatic rings. The molecule has 0 bridgehead atoms. The van der Waals surface area contributed by atoms with Gasteiger partial charge >= 0.3 is 0 Å². The third kappa shape index (κ3) is 4.08. The van der Waals surface area contributed by atoms with Gasteiger partial charge < -0.3 is 5.32 Å². The Morgan fingerprint density at radius 1 is 1.20 bits per heavy atom. The molecule has 0 unspecified atom stereocenters. The molecule has 1 aromatic heterocycles. The number of hydrogen-bond acceptors (Lipinski definition) is 3. The van der Waals surface area contributed by atoms with Crippen LogP contribution in [0.3, 0.4) is 0 Å². The van der Waals surface area contributed by atoms with E-state index < -0.39 is 0 Å². The van der Waals surface area contributed by atoms with Crippen LogP contribution in [0.4, 0.5) is 4.39 Å². The molecule has 3 nitrogen and oxygen atoms in total. The lowest BCUT2D eigenvalue weighted by Crippen LogP contribution is -2.35. The predicted octanol–water partition coefficient (Wildman–Crippen LogP) is 3.93. The molecular formula is C15H17BrFN3. The highest BCUT2D eigenvalue weighted by atomic mass is 79.9. The summed E-state index contributed by atoms with van der Waals surface area (Å²) in [5.74, 6) is 0.294. The van der Waals surface area contributed by atoms with Crippen LogP contribution in [0.1, 0.15) is 26.3 Å². The third-order valence-electron chi connectivity index (χ3n) is 2.70. The molecule has 0 saturated heterocycles. The van der Waals surface area contributed by atoms with Crippen molar-refractivity contribution in [2.24, 2.45) is 0 Å². The van der Waals surface area contributed by atoms with Crippen LogP contribution in [0.5, 0.6) is 0 Å². The lowest BCUT2D eigenvalue weighted by Gasteiger charge is -2.20. The molecule has 1 N–H and O–H groups in total. The molecule has 5 heteroatoms. The van der Waals surface area contributed by atoms with Crippen molar-refractivity contribution >= 4 is 15.9 Å². The topological polar surface area (TPSA) is 37.8 Å². The van der Waals surface area contributed by atoms with Crippen LogP contribution in [0, 0.1) is 5.82 Å². The first-order chi connectivity index (χ1) is 9.35. The van der Waals surface area contributed by atoms with E-state index in [2.05, 4.69) is 52.0 Å². The average molecular weight is 338 g/mol. The van der Waals surface area contributed by atoms with Gasteiger partial charge in [-0.15, -0.1) is 0 Å². The lowest BCUT2D eigenvalue weighted by atomic mass is 10.1. The Morgan fingerprint density at radius 2 is 1.85 bits per heavy atom. The molecule has 0 saturated carbocycles. The molecule has 1 heterocycles. The van der Waals surface area contributed by atoms with Gasteiger partial charge in [0.05, 0.1) is 0 Å². The molecule has 0 atom stereocenters. The zero-order chi connectivity index (χ0) is 14.8. The molecule has 0 spiro atoms. The summed E-state index contributed by atoms with van der Waals surface area (Å²) >= 11 is 3.33. The van der Waals surface area contributed by atoms with Gasteiger partial charge in [-0.25, -0.2) is 14.4 Å². The first-order valence-electron chi connectivity index (χ1n) is 6.36. The minimum absolute atomic E-state index is 0.0542. The number of halogens is 2. The Labute approximate surface area is 126 Å². The summed E-state index contributed by atoms with van der Waals surface area (Å²) in [6, 6.07) is 4.48. The Kier molecular flexibility index (Phi) is 4.50. The first-order valence-corrected chi connectivity index (χ1v) is 7.16. The van der Waals surface area contributed by atoms with E-state index in [4.69, 9.17) is 0 Å². The van der Waals surface area contributed by atoms with Crippen LogP contribution >= 0.6 is 15.9 Å². The SMILES string of the molecule is CC(C)(C)NCc1cnc(-c2ccc(F)cc2Br)nc1. The quantitative estimate of drug-likeness (QED) is 0.921. The molecule has 106 valence electrons. The van der Waals surface area contributed by atoms with Gasteiger partial charge in [0.15, 0.2) is 5.82 Å². The highest BCUT2D eigenvalue weighted by molar-refractivity contribution is 9.10. The van der Waals surface area contributed by atoms with Crippen molar-refractivity contribution in [1.82, 2.24) is 15.3 Å². The van der Waals surface area contributed by atoms with Crippen LogP contribution in [0.25, 0.3) is 11.4 Å². The molecule has 20 heavy (non-hydrogen) atoms. The normalized spacial score (nSPS) is 11.7. The maximum atomic E-state index is 13.1. The van der Waals surface area contributed by atoms with Crippen LogP contribution < -0.4 is 5.32 Å². The Balaban J connectivity index is 2.15. The number of nitrogens with zero attached hydrogens (tertiary/aromatic N) is 2. The largest absolute Gasteiger partial charge is 0.308 e. The molecule has 1 aromatic carbocycles. The fraction of sp³-hybridized carbons (Fsp3) is 0.333. The van der Waals surface area contributed by atoms with Crippen molar-refractivity contribution in [3.8, 4) is 11.4 Å². The van der Waals surface area contributed by atoms with Crippen molar-refractivity contribution < 1.29 is 4.39 Å². The third-order valence-corrected chi connectivity index (χ3v) is 3.36. The van der Waals surface area contributed by atoms with E-state index in [1.165, 1.54) is 12.1 Å². The summed E-state index contributed by atoms with van der Waals surface area (Å²) in [4.78, 5) is 8.67. The van der Waals surface area contributed by atoms with Crippen molar-refractivity contribution in [3.63, 3.8) is 0 Å². The summed E-state index contributed by atoms with van der Waals surface area (Å²) in [5, 5.41) is 3.38. The zero-order valence-corrected chi connectivity index (χ0v) is 13.3. The fourth-order valence-corrected chi connectivity index (χ4v) is 2.15. The van der Waals surface area contributed by atoms with E-state index >= 15 is 0 Å². The van der Waals surface area contributed by atoms with E-state index in [1.54, 1.807) is 18.5 Å². The van der Waals surface area contributed by atoms with E-state index in [0.29, 0.717) is 16.8 Å². The second kappa shape index (κ2) is 5.97. The smallest absolute Gasteiger partial charge is 0.160 e. The van der Waals surface area contributed by atoms with Gasteiger partial charge in [0.25, 0.3) is 0 Å². The first kappa shape index (κ1) is 15.1. The van der Waals surface area contributed by atoms with Gasteiger partial charge in [-0.3, -0.25) is 0 Å². The van der Waals surface area contributed by atoms with Gasteiger partial charge in [0, 0.05) is 40.1 Å². The van der Waals surface area contributed by atoms with Gasteiger partial charge in [-0.2, -0.15) is 0 Å². The Bertz CT molecular complexity index is 591. The van der Waals surface area contributed by atoms with Gasteiger partial charge in [-0.05, 0) is 54.9 Å². The van der Waals surface area contributed by atoms with Crippen LogP contribution in [0.15, 0.2) is 35.1 Å². The average Bonchev–Trinajstić information content (AvgIpc) is 2.36. The summed E-state index contributed by atoms with van der Waals surface area (Å²) in [5.41, 5.74) is 1.85. The van der Waals surface area contributed by atoms with Crippen LogP contribution in [0.2, 0.25) is 0 Å². The lowest BCUT2D eigenvalue weighted by molar-refractivity contribution is 0.423. The molecule has 0 amide bonds. The zero-order valence-electron chi connectivity index (χ0n) is 11.7. The van der Waals surface area contributed by atoms with E-state index in [0.717, 1.165) is 11.1 Å². The van der Waals surface area contributed by atoms with Gasteiger partial charge in [0.2, 0.25) is 0 Å².